The van der Waals surface area contributed by atoms with E-state index in [1.807, 2.05) is 23.1 Å². The third-order valence-corrected chi connectivity index (χ3v) is 4.38. The summed E-state index contributed by atoms with van der Waals surface area (Å²) in [5.74, 6) is 1.23. The Morgan fingerprint density at radius 1 is 1.50 bits per heavy atom. The van der Waals surface area contributed by atoms with Gasteiger partial charge >= 0.3 is 0 Å². The second-order valence-corrected chi connectivity index (χ2v) is 5.73. The van der Waals surface area contributed by atoms with Gasteiger partial charge in [0, 0.05) is 19.2 Å². The molecule has 24 heavy (non-hydrogen) atoms. The molecule has 0 aliphatic carbocycles. The Labute approximate surface area is 141 Å². The van der Waals surface area contributed by atoms with Gasteiger partial charge in [0.15, 0.2) is 0 Å². The van der Waals surface area contributed by atoms with E-state index in [-0.39, 0.29) is 5.91 Å². The number of nitrogens with two attached hydrogens (primary N) is 1. The van der Waals surface area contributed by atoms with Crippen molar-refractivity contribution in [2.45, 2.75) is 6.42 Å². The molecular formula is C18H22N4O2. The van der Waals surface area contributed by atoms with Crippen LogP contribution in [0.2, 0.25) is 0 Å². The molecule has 3 N–H and O–H groups in total. The van der Waals surface area contributed by atoms with E-state index in [1.165, 1.54) is 0 Å². The van der Waals surface area contributed by atoms with Crippen molar-refractivity contribution in [2.24, 2.45) is 10.7 Å². The molecule has 1 aromatic rings. The van der Waals surface area contributed by atoms with Crippen LogP contribution in [0.15, 0.2) is 41.5 Å². The van der Waals surface area contributed by atoms with E-state index in [1.54, 1.807) is 13.2 Å². The van der Waals surface area contributed by atoms with E-state index < -0.39 is 0 Å². The lowest BCUT2D eigenvalue weighted by Gasteiger charge is -2.21. The van der Waals surface area contributed by atoms with Crippen LogP contribution in [0.25, 0.3) is 5.57 Å². The fourth-order valence-electron chi connectivity index (χ4n) is 3.19. The standard InChI is InChI=1S/C18H22N4O2/c1-3-22-8-9-24-16-10-12(4-5-14(16)18(22)20-2)13-6-7-21-11-15(13)17(19)23/h3-5,10,21H,1,6-9,11H2,2H3,(H2,19,23). The van der Waals surface area contributed by atoms with E-state index in [0.717, 1.165) is 41.3 Å². The summed E-state index contributed by atoms with van der Waals surface area (Å²) in [4.78, 5) is 18.1. The van der Waals surface area contributed by atoms with Gasteiger partial charge in [-0.2, -0.15) is 0 Å². The maximum atomic E-state index is 11.7. The fourth-order valence-corrected chi connectivity index (χ4v) is 3.19. The number of amidine groups is 1. The highest BCUT2D eigenvalue weighted by Gasteiger charge is 2.23. The molecule has 0 spiro atoms. The summed E-state index contributed by atoms with van der Waals surface area (Å²) in [7, 11) is 1.76. The molecule has 6 heteroatoms. The van der Waals surface area contributed by atoms with Crippen LogP contribution in [0.1, 0.15) is 17.5 Å². The number of carbonyl (C=O) groups is 1. The lowest BCUT2D eigenvalue weighted by Crippen LogP contribution is -2.31. The van der Waals surface area contributed by atoms with Gasteiger partial charge in [-0.1, -0.05) is 12.6 Å². The third-order valence-electron chi connectivity index (χ3n) is 4.38. The highest BCUT2D eigenvalue weighted by atomic mass is 16.5. The van der Waals surface area contributed by atoms with Gasteiger partial charge in [-0.15, -0.1) is 0 Å². The zero-order chi connectivity index (χ0) is 17.1. The first-order chi connectivity index (χ1) is 11.7. The summed E-state index contributed by atoms with van der Waals surface area (Å²) in [6.07, 6.45) is 2.53. The van der Waals surface area contributed by atoms with Gasteiger partial charge in [0.25, 0.3) is 0 Å². The van der Waals surface area contributed by atoms with Crippen LogP contribution in [0.5, 0.6) is 5.75 Å². The number of benzene rings is 1. The number of aliphatic imine (C=N–C) groups is 1. The molecule has 0 saturated carbocycles. The van der Waals surface area contributed by atoms with Crippen LogP contribution in [0.4, 0.5) is 0 Å². The molecule has 0 aromatic heterocycles. The van der Waals surface area contributed by atoms with Gasteiger partial charge in [0.05, 0.1) is 12.1 Å². The minimum Gasteiger partial charge on any atom is -0.491 e. The van der Waals surface area contributed by atoms with Crippen molar-refractivity contribution in [3.63, 3.8) is 0 Å². The van der Waals surface area contributed by atoms with Gasteiger partial charge in [-0.3, -0.25) is 9.79 Å². The Bertz CT molecular complexity index is 737. The van der Waals surface area contributed by atoms with Gasteiger partial charge in [-0.25, -0.2) is 0 Å². The minimum atomic E-state index is -0.373. The number of fused-ring (bicyclic) bond motifs is 1. The molecule has 2 aliphatic heterocycles. The summed E-state index contributed by atoms with van der Waals surface area (Å²) < 4.78 is 5.92. The van der Waals surface area contributed by atoms with Crippen molar-refractivity contribution < 1.29 is 9.53 Å². The van der Waals surface area contributed by atoms with Crippen LogP contribution < -0.4 is 15.8 Å². The Morgan fingerprint density at radius 3 is 3.04 bits per heavy atom. The Morgan fingerprint density at radius 2 is 2.33 bits per heavy atom. The minimum absolute atomic E-state index is 0.373. The molecule has 0 radical (unpaired) electrons. The number of hydrogen-bond acceptors (Lipinski definition) is 4. The number of hydrogen-bond donors (Lipinski definition) is 2. The molecule has 0 saturated heterocycles. The van der Waals surface area contributed by atoms with Crippen molar-refractivity contribution in [3.05, 3.63) is 47.7 Å². The topological polar surface area (TPSA) is 80.0 Å². The third kappa shape index (κ3) is 2.92. The number of nitrogens with one attached hydrogen (secondary N) is 1. The van der Waals surface area contributed by atoms with E-state index in [9.17, 15) is 4.79 Å². The zero-order valence-electron chi connectivity index (χ0n) is 13.8. The fraction of sp³-hybridized carbons (Fsp3) is 0.333. The van der Waals surface area contributed by atoms with Crippen molar-refractivity contribution in [3.8, 4) is 5.75 Å². The predicted octanol–water partition coefficient (Wildman–Crippen LogP) is 1.13. The molecule has 1 aromatic carbocycles. The molecule has 6 nitrogen and oxygen atoms in total. The average molecular weight is 326 g/mol. The Hall–Kier alpha value is -2.60. The van der Waals surface area contributed by atoms with Crippen molar-refractivity contribution in [2.75, 3.05) is 33.3 Å². The summed E-state index contributed by atoms with van der Waals surface area (Å²) in [6.45, 7) is 6.42. The largest absolute Gasteiger partial charge is 0.491 e. The summed E-state index contributed by atoms with van der Waals surface area (Å²) in [5, 5.41) is 3.19. The maximum absolute atomic E-state index is 11.7. The first-order valence-corrected chi connectivity index (χ1v) is 8.01. The van der Waals surface area contributed by atoms with Crippen LogP contribution in [-0.2, 0) is 4.79 Å². The van der Waals surface area contributed by atoms with Crippen molar-refractivity contribution in [1.82, 2.24) is 10.2 Å². The molecule has 3 rings (SSSR count). The van der Waals surface area contributed by atoms with Crippen LogP contribution in [0.3, 0.4) is 0 Å². The molecular weight excluding hydrogens is 304 g/mol. The first kappa shape index (κ1) is 16.3. The Balaban J connectivity index is 2.07. The highest BCUT2D eigenvalue weighted by molar-refractivity contribution is 6.04. The van der Waals surface area contributed by atoms with Crippen molar-refractivity contribution in [1.29, 1.82) is 0 Å². The maximum Gasteiger partial charge on any atom is 0.246 e. The summed E-state index contributed by atoms with van der Waals surface area (Å²) in [6, 6.07) is 5.97. The number of primary amides is 1. The molecule has 0 bridgehead atoms. The van der Waals surface area contributed by atoms with E-state index in [4.69, 9.17) is 10.5 Å². The number of ether oxygens (including phenoxy) is 1. The average Bonchev–Trinajstić information content (AvgIpc) is 2.79. The summed E-state index contributed by atoms with van der Waals surface area (Å²) >= 11 is 0. The van der Waals surface area contributed by atoms with Crippen LogP contribution in [-0.4, -0.2) is 49.9 Å². The van der Waals surface area contributed by atoms with Crippen LogP contribution in [0, 0.1) is 0 Å². The molecule has 0 fully saturated rings. The highest BCUT2D eigenvalue weighted by Crippen LogP contribution is 2.31. The zero-order valence-corrected chi connectivity index (χ0v) is 13.8. The number of carbonyl (C=O) groups excluding carboxylic acids is 1. The molecule has 0 atom stereocenters. The number of nitrogens with zero attached hydrogens (tertiary/aromatic N) is 2. The Kier molecular flexibility index (Phi) is 4.66. The lowest BCUT2D eigenvalue weighted by atomic mass is 9.93. The van der Waals surface area contributed by atoms with Gasteiger partial charge in [-0.05, 0) is 42.4 Å². The molecule has 126 valence electrons. The monoisotopic (exact) mass is 326 g/mol. The first-order valence-electron chi connectivity index (χ1n) is 8.01. The predicted molar refractivity (Wildman–Crippen MR) is 94.9 cm³/mol. The molecule has 1 amide bonds. The quantitative estimate of drug-likeness (QED) is 0.873. The van der Waals surface area contributed by atoms with Gasteiger partial charge in [0.1, 0.15) is 18.2 Å². The van der Waals surface area contributed by atoms with Crippen molar-refractivity contribution >= 4 is 17.3 Å². The van der Waals surface area contributed by atoms with E-state index in [2.05, 4.69) is 16.9 Å². The molecule has 0 unspecified atom stereocenters. The summed E-state index contributed by atoms with van der Waals surface area (Å²) in [5.41, 5.74) is 9.07. The molecule has 2 heterocycles. The number of amides is 1. The van der Waals surface area contributed by atoms with Gasteiger partial charge in [0.2, 0.25) is 5.91 Å². The SMILES string of the molecule is C=CN1CCOc2cc(C3=C(C(N)=O)CNCC3)ccc2C1=NC. The lowest BCUT2D eigenvalue weighted by molar-refractivity contribution is -0.114. The second kappa shape index (κ2) is 6.88. The smallest absolute Gasteiger partial charge is 0.246 e. The van der Waals surface area contributed by atoms with Gasteiger partial charge < -0.3 is 20.7 Å². The molecule has 2 aliphatic rings. The second-order valence-electron chi connectivity index (χ2n) is 5.73. The van der Waals surface area contributed by atoms with Crippen LogP contribution >= 0.6 is 0 Å². The van der Waals surface area contributed by atoms with E-state index >= 15 is 0 Å². The normalized spacial score (nSPS) is 19.5. The number of rotatable bonds is 3. The van der Waals surface area contributed by atoms with E-state index in [0.29, 0.717) is 25.3 Å².